The lowest BCUT2D eigenvalue weighted by Gasteiger charge is -2.19. The maximum atomic E-state index is 4.13. The Kier molecular flexibility index (Phi) is 4.62. The topological polar surface area (TPSA) is 33.1 Å². The van der Waals surface area contributed by atoms with E-state index in [0.717, 1.165) is 19.6 Å². The van der Waals surface area contributed by atoms with Crippen LogP contribution in [0.5, 0.6) is 0 Å². The van der Waals surface area contributed by atoms with Crippen molar-refractivity contribution in [1.82, 2.24) is 20.0 Å². The summed E-state index contributed by atoms with van der Waals surface area (Å²) in [6, 6.07) is 2.52. The molecule has 1 rings (SSSR count). The predicted molar refractivity (Wildman–Crippen MR) is 58.2 cm³/mol. The Bertz CT molecular complexity index is 230. The van der Waals surface area contributed by atoms with Gasteiger partial charge in [-0.1, -0.05) is 0 Å². The molecule has 0 aliphatic heterocycles. The van der Waals surface area contributed by atoms with Gasteiger partial charge in [0.2, 0.25) is 0 Å². The van der Waals surface area contributed by atoms with E-state index in [2.05, 4.69) is 36.3 Å². The normalized spacial score (nSPS) is 13.4. The second kappa shape index (κ2) is 5.78. The van der Waals surface area contributed by atoms with Crippen LogP contribution in [0.2, 0.25) is 0 Å². The highest BCUT2D eigenvalue weighted by Crippen LogP contribution is 1.88. The largest absolute Gasteiger partial charge is 0.313 e. The van der Waals surface area contributed by atoms with E-state index in [1.54, 1.807) is 0 Å². The van der Waals surface area contributed by atoms with Gasteiger partial charge in [-0.3, -0.25) is 4.68 Å². The molecule has 0 aliphatic carbocycles. The van der Waals surface area contributed by atoms with Crippen LogP contribution in [-0.4, -0.2) is 47.9 Å². The highest BCUT2D eigenvalue weighted by Gasteiger charge is 2.02. The summed E-state index contributed by atoms with van der Waals surface area (Å²) in [5.41, 5.74) is 0. The zero-order valence-corrected chi connectivity index (χ0v) is 9.27. The Labute approximate surface area is 85.9 Å². The van der Waals surface area contributed by atoms with Crippen molar-refractivity contribution in [2.24, 2.45) is 0 Å². The van der Waals surface area contributed by atoms with E-state index in [1.807, 2.05) is 23.1 Å². The second-order valence-corrected chi connectivity index (χ2v) is 3.79. The molecule has 1 atom stereocenters. The highest BCUT2D eigenvalue weighted by molar-refractivity contribution is 4.77. The quantitative estimate of drug-likeness (QED) is 0.670. The molecular formula is C10H20N4. The van der Waals surface area contributed by atoms with E-state index in [-0.39, 0.29) is 0 Å². The number of hydrogen-bond donors (Lipinski definition) is 1. The van der Waals surface area contributed by atoms with Crippen molar-refractivity contribution in [1.29, 1.82) is 0 Å². The van der Waals surface area contributed by atoms with E-state index in [4.69, 9.17) is 0 Å². The van der Waals surface area contributed by atoms with Crippen LogP contribution >= 0.6 is 0 Å². The molecular weight excluding hydrogens is 176 g/mol. The van der Waals surface area contributed by atoms with E-state index < -0.39 is 0 Å². The minimum Gasteiger partial charge on any atom is -0.313 e. The van der Waals surface area contributed by atoms with Gasteiger partial charge in [0, 0.05) is 31.5 Å². The molecule has 1 N–H and O–H groups in total. The summed E-state index contributed by atoms with van der Waals surface area (Å²) in [7, 11) is 4.19. The first-order valence-electron chi connectivity index (χ1n) is 5.04. The molecule has 0 aliphatic rings. The Hall–Kier alpha value is -0.870. The van der Waals surface area contributed by atoms with Crippen molar-refractivity contribution < 1.29 is 0 Å². The maximum absolute atomic E-state index is 4.13. The number of hydrogen-bond acceptors (Lipinski definition) is 3. The van der Waals surface area contributed by atoms with Gasteiger partial charge >= 0.3 is 0 Å². The molecule has 1 unspecified atom stereocenters. The van der Waals surface area contributed by atoms with Gasteiger partial charge in [0.05, 0.1) is 6.54 Å². The summed E-state index contributed by atoms with van der Waals surface area (Å²) < 4.78 is 1.94. The lowest BCUT2D eigenvalue weighted by atomic mass is 10.3. The van der Waals surface area contributed by atoms with Gasteiger partial charge in [-0.15, -0.1) is 0 Å². The van der Waals surface area contributed by atoms with Crippen LogP contribution in [-0.2, 0) is 6.54 Å². The fraction of sp³-hybridized carbons (Fsp3) is 0.700. The van der Waals surface area contributed by atoms with E-state index in [1.165, 1.54) is 0 Å². The second-order valence-electron chi connectivity index (χ2n) is 3.79. The van der Waals surface area contributed by atoms with Crippen molar-refractivity contribution in [2.75, 3.05) is 27.2 Å². The first-order valence-corrected chi connectivity index (χ1v) is 5.04. The van der Waals surface area contributed by atoms with Crippen molar-refractivity contribution in [2.45, 2.75) is 19.5 Å². The molecule has 4 heteroatoms. The fourth-order valence-corrected chi connectivity index (χ4v) is 1.12. The molecule has 4 nitrogen and oxygen atoms in total. The molecule has 0 fully saturated rings. The molecule has 1 aromatic heterocycles. The van der Waals surface area contributed by atoms with E-state index in [0.29, 0.717) is 6.04 Å². The smallest absolute Gasteiger partial charge is 0.0533 e. The molecule has 0 aromatic carbocycles. The number of aromatic nitrogens is 2. The summed E-state index contributed by atoms with van der Waals surface area (Å²) in [6.45, 7) is 5.14. The van der Waals surface area contributed by atoms with Gasteiger partial charge in [0.1, 0.15) is 0 Å². The number of likely N-dealkylation sites (N-methyl/N-ethyl adjacent to an activating group) is 1. The zero-order valence-electron chi connectivity index (χ0n) is 9.27. The molecule has 0 amide bonds. The van der Waals surface area contributed by atoms with Gasteiger partial charge in [-0.2, -0.15) is 5.10 Å². The van der Waals surface area contributed by atoms with Crippen molar-refractivity contribution in [3.63, 3.8) is 0 Å². The lowest BCUT2D eigenvalue weighted by molar-refractivity contribution is 0.301. The monoisotopic (exact) mass is 196 g/mol. The molecule has 0 bridgehead atoms. The number of nitrogens with one attached hydrogen (secondary N) is 1. The van der Waals surface area contributed by atoms with Crippen molar-refractivity contribution in [3.8, 4) is 0 Å². The minimum atomic E-state index is 0.577. The summed E-state index contributed by atoms with van der Waals surface area (Å²) in [6.07, 6.45) is 3.79. The maximum Gasteiger partial charge on any atom is 0.0533 e. The summed E-state index contributed by atoms with van der Waals surface area (Å²) >= 11 is 0. The lowest BCUT2D eigenvalue weighted by Crippen LogP contribution is -2.36. The number of nitrogens with zero attached hydrogens (tertiary/aromatic N) is 3. The molecule has 0 radical (unpaired) electrons. The molecule has 0 saturated heterocycles. The molecule has 14 heavy (non-hydrogen) atoms. The summed E-state index contributed by atoms with van der Waals surface area (Å²) in [5, 5.41) is 7.54. The van der Waals surface area contributed by atoms with Gasteiger partial charge in [-0.25, -0.2) is 0 Å². The van der Waals surface area contributed by atoms with Gasteiger partial charge in [0.25, 0.3) is 0 Å². The van der Waals surface area contributed by atoms with Crippen LogP contribution in [0.1, 0.15) is 6.92 Å². The zero-order chi connectivity index (χ0) is 10.4. The summed E-state index contributed by atoms with van der Waals surface area (Å²) in [5.74, 6) is 0. The third-order valence-corrected chi connectivity index (χ3v) is 2.40. The van der Waals surface area contributed by atoms with Crippen molar-refractivity contribution >= 4 is 0 Å². The first-order chi connectivity index (χ1) is 6.70. The molecule has 0 saturated carbocycles. The molecule has 80 valence electrons. The Balaban J connectivity index is 2.05. The predicted octanol–water partition coefficient (Wildman–Crippen LogP) is 0.423. The SMILES string of the molecule is CC(CNCCn1cccn1)N(C)C. The van der Waals surface area contributed by atoms with Gasteiger partial charge in [-0.05, 0) is 27.1 Å². The highest BCUT2D eigenvalue weighted by atomic mass is 15.3. The Morgan fingerprint density at radius 1 is 1.50 bits per heavy atom. The fourth-order valence-electron chi connectivity index (χ4n) is 1.12. The van der Waals surface area contributed by atoms with Crippen molar-refractivity contribution in [3.05, 3.63) is 18.5 Å². The Morgan fingerprint density at radius 3 is 2.86 bits per heavy atom. The minimum absolute atomic E-state index is 0.577. The molecule has 0 spiro atoms. The molecule has 1 aromatic rings. The molecule has 1 heterocycles. The summed E-state index contributed by atoms with van der Waals surface area (Å²) in [4.78, 5) is 2.21. The van der Waals surface area contributed by atoms with Crippen LogP contribution < -0.4 is 5.32 Å². The van der Waals surface area contributed by atoms with Crippen LogP contribution in [0.4, 0.5) is 0 Å². The third kappa shape index (κ3) is 3.89. The Morgan fingerprint density at radius 2 is 2.29 bits per heavy atom. The third-order valence-electron chi connectivity index (χ3n) is 2.40. The van der Waals surface area contributed by atoms with Crippen LogP contribution in [0.15, 0.2) is 18.5 Å². The average Bonchev–Trinajstić information content (AvgIpc) is 2.64. The average molecular weight is 196 g/mol. The van der Waals surface area contributed by atoms with Gasteiger partial charge < -0.3 is 10.2 Å². The van der Waals surface area contributed by atoms with Crippen LogP contribution in [0, 0.1) is 0 Å². The standard InChI is InChI=1S/C10H20N4/c1-10(13(2)3)9-11-6-8-14-7-4-5-12-14/h4-5,7,10-11H,6,8-9H2,1-3H3. The van der Waals surface area contributed by atoms with E-state index >= 15 is 0 Å². The van der Waals surface area contributed by atoms with E-state index in [9.17, 15) is 0 Å². The number of rotatable bonds is 6. The van der Waals surface area contributed by atoms with Crippen LogP contribution in [0.3, 0.4) is 0 Å². The van der Waals surface area contributed by atoms with Gasteiger partial charge in [0.15, 0.2) is 0 Å². The van der Waals surface area contributed by atoms with Crippen LogP contribution in [0.25, 0.3) is 0 Å². The first kappa shape index (κ1) is 11.2.